The van der Waals surface area contributed by atoms with E-state index in [4.69, 9.17) is 10.2 Å². The van der Waals surface area contributed by atoms with Crippen LogP contribution in [0.25, 0.3) is 0 Å². The van der Waals surface area contributed by atoms with E-state index in [1.54, 1.807) is 6.92 Å². The van der Waals surface area contributed by atoms with Gasteiger partial charge in [0, 0.05) is 30.0 Å². The summed E-state index contributed by atoms with van der Waals surface area (Å²) in [7, 11) is 0. The van der Waals surface area contributed by atoms with Crippen molar-refractivity contribution in [2.45, 2.75) is 32.4 Å². The van der Waals surface area contributed by atoms with Gasteiger partial charge in [0.1, 0.15) is 11.8 Å². The van der Waals surface area contributed by atoms with Gasteiger partial charge in [-0.1, -0.05) is 0 Å². The molecule has 21 heavy (non-hydrogen) atoms. The zero-order chi connectivity index (χ0) is 16.0. The van der Waals surface area contributed by atoms with Gasteiger partial charge in [-0.25, -0.2) is 4.79 Å². The number of pyridine rings is 1. The van der Waals surface area contributed by atoms with Crippen LogP contribution in [0.5, 0.6) is 5.75 Å². The first-order chi connectivity index (χ1) is 9.86. The van der Waals surface area contributed by atoms with Crippen LogP contribution in [0.4, 0.5) is 0 Å². The molecule has 0 bridgehead atoms. The Morgan fingerprint density at radius 3 is 2.62 bits per heavy atom. The Kier molecular flexibility index (Phi) is 5.79. The van der Waals surface area contributed by atoms with Gasteiger partial charge >= 0.3 is 11.9 Å². The molecule has 0 spiro atoms. The van der Waals surface area contributed by atoms with Crippen molar-refractivity contribution >= 4 is 18.2 Å². The highest BCUT2D eigenvalue weighted by Crippen LogP contribution is 2.22. The molecule has 1 rings (SSSR count). The number of aryl methyl sites for hydroxylation is 1. The number of rotatable bonds is 7. The normalized spacial score (nSPS) is 12.5. The number of hydrogen-bond donors (Lipinski definition) is 4. The van der Waals surface area contributed by atoms with E-state index in [2.05, 4.69) is 9.98 Å². The summed E-state index contributed by atoms with van der Waals surface area (Å²) in [5.74, 6) is -2.58. The number of aliphatic carboxylic acids is 2. The molecular formula is C13H16N2O6. The van der Waals surface area contributed by atoms with E-state index in [1.807, 2.05) is 0 Å². The first-order valence-electron chi connectivity index (χ1n) is 6.12. The molecule has 8 heteroatoms. The number of aliphatic imine (C=N–C) groups is 1. The highest BCUT2D eigenvalue weighted by Gasteiger charge is 2.17. The van der Waals surface area contributed by atoms with Gasteiger partial charge in [-0.15, -0.1) is 0 Å². The Hall–Kier alpha value is -2.48. The zero-order valence-corrected chi connectivity index (χ0v) is 11.4. The molecule has 0 amide bonds. The molecular weight excluding hydrogens is 280 g/mol. The van der Waals surface area contributed by atoms with Crippen molar-refractivity contribution in [3.05, 3.63) is 23.0 Å². The maximum absolute atomic E-state index is 11.0. The van der Waals surface area contributed by atoms with Crippen LogP contribution in [0.1, 0.15) is 29.7 Å². The lowest BCUT2D eigenvalue weighted by molar-refractivity contribution is -0.139. The number of carboxylic acids is 2. The summed E-state index contributed by atoms with van der Waals surface area (Å²) in [4.78, 5) is 29.1. The number of aliphatic hydroxyl groups excluding tert-OH is 1. The zero-order valence-electron chi connectivity index (χ0n) is 11.4. The fourth-order valence-corrected chi connectivity index (χ4v) is 1.61. The molecule has 0 saturated carbocycles. The SMILES string of the molecule is Cc1ncc(CO)c(C=NC(CCC(=O)O)C(=O)O)c1O. The lowest BCUT2D eigenvalue weighted by Gasteiger charge is -2.09. The van der Waals surface area contributed by atoms with E-state index < -0.39 is 24.6 Å². The molecule has 8 nitrogen and oxygen atoms in total. The van der Waals surface area contributed by atoms with E-state index in [1.165, 1.54) is 6.20 Å². The molecule has 1 unspecified atom stereocenters. The van der Waals surface area contributed by atoms with Crippen LogP contribution in [0.3, 0.4) is 0 Å². The largest absolute Gasteiger partial charge is 0.505 e. The van der Waals surface area contributed by atoms with Crippen LogP contribution in [-0.4, -0.2) is 49.6 Å². The second-order valence-electron chi connectivity index (χ2n) is 4.35. The van der Waals surface area contributed by atoms with Gasteiger partial charge in [-0.05, 0) is 13.3 Å². The fourth-order valence-electron chi connectivity index (χ4n) is 1.61. The minimum Gasteiger partial charge on any atom is -0.505 e. The number of hydrogen-bond acceptors (Lipinski definition) is 6. The molecule has 1 aromatic rings. The molecule has 0 aliphatic heterocycles. The average molecular weight is 296 g/mol. The predicted octanol–water partition coefficient (Wildman–Crippen LogP) is 0.325. The molecule has 1 heterocycles. The maximum atomic E-state index is 11.0. The predicted molar refractivity (Wildman–Crippen MR) is 72.4 cm³/mol. The van der Waals surface area contributed by atoms with Crippen molar-refractivity contribution in [2.75, 3.05) is 0 Å². The van der Waals surface area contributed by atoms with E-state index in [9.17, 15) is 19.8 Å². The Labute approximate surface area is 120 Å². The summed E-state index contributed by atoms with van der Waals surface area (Å²) in [6.07, 6.45) is 1.97. The molecule has 114 valence electrons. The summed E-state index contributed by atoms with van der Waals surface area (Å²) >= 11 is 0. The summed E-state index contributed by atoms with van der Waals surface area (Å²) in [5, 5.41) is 36.6. The van der Waals surface area contributed by atoms with E-state index in [0.29, 0.717) is 11.3 Å². The molecule has 1 atom stereocenters. The number of carbonyl (C=O) groups is 2. The van der Waals surface area contributed by atoms with Crippen LogP contribution in [0.2, 0.25) is 0 Å². The van der Waals surface area contributed by atoms with E-state index >= 15 is 0 Å². The number of aliphatic hydroxyl groups is 1. The highest BCUT2D eigenvalue weighted by molar-refractivity contribution is 5.88. The van der Waals surface area contributed by atoms with Gasteiger partial charge < -0.3 is 20.4 Å². The topological polar surface area (TPSA) is 140 Å². The van der Waals surface area contributed by atoms with Crippen molar-refractivity contribution in [3.63, 3.8) is 0 Å². The van der Waals surface area contributed by atoms with E-state index in [0.717, 1.165) is 6.21 Å². The minimum absolute atomic E-state index is 0.166. The Bertz CT molecular complexity index is 570. The minimum atomic E-state index is -1.26. The van der Waals surface area contributed by atoms with Crippen molar-refractivity contribution < 1.29 is 30.0 Å². The van der Waals surface area contributed by atoms with Crippen LogP contribution in [0.15, 0.2) is 11.2 Å². The lowest BCUT2D eigenvalue weighted by Crippen LogP contribution is -2.19. The lowest BCUT2D eigenvalue weighted by atomic mass is 10.1. The first-order valence-corrected chi connectivity index (χ1v) is 6.12. The van der Waals surface area contributed by atoms with Gasteiger partial charge in [-0.3, -0.25) is 14.8 Å². The Morgan fingerprint density at radius 1 is 1.43 bits per heavy atom. The van der Waals surface area contributed by atoms with Crippen LogP contribution in [-0.2, 0) is 16.2 Å². The molecule has 4 N–H and O–H groups in total. The quantitative estimate of drug-likeness (QED) is 0.531. The van der Waals surface area contributed by atoms with Gasteiger partial charge in [0.05, 0.1) is 12.3 Å². The Balaban J connectivity index is 3.03. The van der Waals surface area contributed by atoms with Crippen molar-refractivity contribution in [2.24, 2.45) is 4.99 Å². The Morgan fingerprint density at radius 2 is 2.10 bits per heavy atom. The second-order valence-corrected chi connectivity index (χ2v) is 4.35. The molecule has 0 aliphatic carbocycles. The third-order valence-corrected chi connectivity index (χ3v) is 2.83. The summed E-state index contributed by atoms with van der Waals surface area (Å²) < 4.78 is 0. The van der Waals surface area contributed by atoms with Gasteiger partial charge in [0.25, 0.3) is 0 Å². The third-order valence-electron chi connectivity index (χ3n) is 2.83. The van der Waals surface area contributed by atoms with Gasteiger partial charge in [0.2, 0.25) is 0 Å². The van der Waals surface area contributed by atoms with Crippen molar-refractivity contribution in [1.82, 2.24) is 4.98 Å². The molecule has 0 radical (unpaired) electrons. The average Bonchev–Trinajstić information content (AvgIpc) is 2.42. The molecule has 1 aromatic heterocycles. The standard InChI is InChI=1S/C13H16N2O6/c1-7-12(19)9(8(6-16)4-14-7)5-15-10(13(20)21)2-3-11(17)18/h4-5,10,16,19H,2-3,6H2,1H3,(H,17,18)(H,20,21). The summed E-state index contributed by atoms with van der Waals surface area (Å²) in [6.45, 7) is 1.15. The summed E-state index contributed by atoms with van der Waals surface area (Å²) in [5.41, 5.74) is 0.779. The van der Waals surface area contributed by atoms with Crippen LogP contribution < -0.4 is 0 Å². The number of aromatic hydroxyl groups is 1. The highest BCUT2D eigenvalue weighted by atomic mass is 16.4. The molecule has 0 fully saturated rings. The molecule has 0 saturated heterocycles. The first kappa shape index (κ1) is 16.6. The van der Waals surface area contributed by atoms with Crippen molar-refractivity contribution in [1.29, 1.82) is 0 Å². The van der Waals surface area contributed by atoms with Crippen LogP contribution >= 0.6 is 0 Å². The van der Waals surface area contributed by atoms with Gasteiger partial charge in [0.15, 0.2) is 0 Å². The summed E-state index contributed by atoms with van der Waals surface area (Å²) in [6, 6.07) is -1.24. The molecule has 0 aromatic carbocycles. The second kappa shape index (κ2) is 7.34. The third kappa shape index (κ3) is 4.53. The molecule has 0 aliphatic rings. The van der Waals surface area contributed by atoms with Crippen molar-refractivity contribution in [3.8, 4) is 5.75 Å². The number of carboxylic acid groups (broad SMARTS) is 2. The fraction of sp³-hybridized carbons (Fsp3) is 0.385. The monoisotopic (exact) mass is 296 g/mol. The number of aromatic nitrogens is 1. The van der Waals surface area contributed by atoms with Crippen LogP contribution in [0, 0.1) is 6.92 Å². The maximum Gasteiger partial charge on any atom is 0.328 e. The smallest absolute Gasteiger partial charge is 0.328 e. The van der Waals surface area contributed by atoms with E-state index in [-0.39, 0.29) is 24.2 Å². The number of nitrogens with zero attached hydrogens (tertiary/aromatic N) is 2. The van der Waals surface area contributed by atoms with Gasteiger partial charge in [-0.2, -0.15) is 0 Å².